The minimum atomic E-state index is -0.0424. The topological polar surface area (TPSA) is 45.8 Å². The first-order valence-corrected chi connectivity index (χ1v) is 6.30. The Morgan fingerprint density at radius 1 is 1.53 bits per heavy atom. The van der Waals surface area contributed by atoms with Crippen LogP contribution in [0.15, 0.2) is 16.0 Å². The second kappa shape index (κ2) is 5.95. The molecule has 1 atom stereocenters. The molecule has 0 radical (unpaired) electrons. The number of nitrogens with one attached hydrogen (secondary N) is 1. The van der Waals surface area contributed by atoms with Crippen LogP contribution >= 0.6 is 11.8 Å². The summed E-state index contributed by atoms with van der Waals surface area (Å²) in [4.78, 5) is 18.5. The van der Waals surface area contributed by atoms with Crippen molar-refractivity contribution < 1.29 is 0 Å². The lowest BCUT2D eigenvalue weighted by Crippen LogP contribution is -2.11. The molecular formula is C11H18N2OS. The van der Waals surface area contributed by atoms with Crippen molar-refractivity contribution >= 4 is 11.8 Å². The normalized spacial score (nSPS) is 12.7. The molecule has 0 spiro atoms. The summed E-state index contributed by atoms with van der Waals surface area (Å²) >= 11 is 1.63. The standard InChI is InChI=1S/C11H18N2OS/c1-4-6-9-7-10(14)13-11(12-9)15-8(3)5-2/h7-8H,4-6H2,1-3H3,(H,12,13,14)/t8-/m0/s1. The average molecular weight is 226 g/mol. The zero-order chi connectivity index (χ0) is 11.3. The highest BCUT2D eigenvalue weighted by atomic mass is 32.2. The molecule has 0 saturated carbocycles. The van der Waals surface area contributed by atoms with E-state index < -0.39 is 0 Å². The Bertz CT molecular complexity index is 362. The van der Waals surface area contributed by atoms with Crippen LogP contribution in [0.5, 0.6) is 0 Å². The fraction of sp³-hybridized carbons (Fsp3) is 0.636. The lowest BCUT2D eigenvalue weighted by atomic mass is 10.2. The fourth-order valence-corrected chi connectivity index (χ4v) is 2.07. The van der Waals surface area contributed by atoms with Crippen LogP contribution in [0, 0.1) is 0 Å². The van der Waals surface area contributed by atoms with Crippen LogP contribution in [0.1, 0.15) is 39.3 Å². The first-order valence-electron chi connectivity index (χ1n) is 5.42. The van der Waals surface area contributed by atoms with E-state index in [1.165, 1.54) is 0 Å². The molecule has 15 heavy (non-hydrogen) atoms. The van der Waals surface area contributed by atoms with Crippen molar-refractivity contribution in [2.75, 3.05) is 0 Å². The van der Waals surface area contributed by atoms with E-state index in [2.05, 4.69) is 30.7 Å². The number of aryl methyl sites for hydroxylation is 1. The summed E-state index contributed by atoms with van der Waals surface area (Å²) in [6.45, 7) is 6.35. The van der Waals surface area contributed by atoms with E-state index in [9.17, 15) is 4.79 Å². The van der Waals surface area contributed by atoms with Crippen molar-refractivity contribution in [1.82, 2.24) is 9.97 Å². The highest BCUT2D eigenvalue weighted by molar-refractivity contribution is 7.99. The van der Waals surface area contributed by atoms with Gasteiger partial charge in [0, 0.05) is 17.0 Å². The molecule has 4 heteroatoms. The van der Waals surface area contributed by atoms with Gasteiger partial charge >= 0.3 is 0 Å². The van der Waals surface area contributed by atoms with Gasteiger partial charge in [-0.05, 0) is 12.8 Å². The minimum Gasteiger partial charge on any atom is -0.301 e. The number of H-pyrrole nitrogens is 1. The molecule has 0 bridgehead atoms. The first kappa shape index (κ1) is 12.3. The first-order chi connectivity index (χ1) is 7.15. The molecule has 1 aromatic rings. The molecule has 0 amide bonds. The van der Waals surface area contributed by atoms with Gasteiger partial charge in [0.1, 0.15) is 0 Å². The second-order valence-corrected chi connectivity index (χ2v) is 5.06. The smallest absolute Gasteiger partial charge is 0.251 e. The Morgan fingerprint density at radius 2 is 2.27 bits per heavy atom. The highest BCUT2D eigenvalue weighted by Gasteiger charge is 2.05. The van der Waals surface area contributed by atoms with Crippen LogP contribution in [0.3, 0.4) is 0 Å². The second-order valence-electron chi connectivity index (χ2n) is 3.63. The summed E-state index contributed by atoms with van der Waals surface area (Å²) in [7, 11) is 0. The van der Waals surface area contributed by atoms with Gasteiger partial charge in [-0.3, -0.25) is 4.79 Å². The minimum absolute atomic E-state index is 0.0424. The zero-order valence-corrected chi connectivity index (χ0v) is 10.4. The predicted octanol–water partition coefficient (Wildman–Crippen LogP) is 2.61. The van der Waals surface area contributed by atoms with Crippen molar-refractivity contribution in [3.05, 3.63) is 22.1 Å². The molecule has 3 nitrogen and oxygen atoms in total. The molecule has 0 aliphatic heterocycles. The van der Waals surface area contributed by atoms with Gasteiger partial charge in [0.05, 0.1) is 0 Å². The van der Waals surface area contributed by atoms with Gasteiger partial charge in [0.15, 0.2) is 5.16 Å². The molecule has 1 N–H and O–H groups in total. The van der Waals surface area contributed by atoms with Crippen molar-refractivity contribution in [3.63, 3.8) is 0 Å². The molecule has 0 aliphatic rings. The van der Waals surface area contributed by atoms with Crippen LogP contribution in [-0.4, -0.2) is 15.2 Å². The van der Waals surface area contributed by atoms with E-state index in [1.807, 2.05) is 0 Å². The third kappa shape index (κ3) is 4.08. The highest BCUT2D eigenvalue weighted by Crippen LogP contribution is 2.20. The largest absolute Gasteiger partial charge is 0.301 e. The van der Waals surface area contributed by atoms with Crippen LogP contribution in [-0.2, 0) is 6.42 Å². The van der Waals surface area contributed by atoms with Crippen LogP contribution in [0.4, 0.5) is 0 Å². The number of aromatic amines is 1. The number of rotatable bonds is 5. The Labute approximate surface area is 94.7 Å². The molecule has 0 fully saturated rings. The van der Waals surface area contributed by atoms with Gasteiger partial charge in [-0.25, -0.2) is 4.98 Å². The monoisotopic (exact) mass is 226 g/mol. The fourth-order valence-electron chi connectivity index (χ4n) is 1.20. The van der Waals surface area contributed by atoms with E-state index in [4.69, 9.17) is 0 Å². The third-order valence-corrected chi connectivity index (χ3v) is 3.32. The van der Waals surface area contributed by atoms with E-state index in [0.717, 1.165) is 30.1 Å². The maximum Gasteiger partial charge on any atom is 0.251 e. The number of aromatic nitrogens is 2. The molecule has 0 aromatic carbocycles. The Morgan fingerprint density at radius 3 is 2.87 bits per heavy atom. The van der Waals surface area contributed by atoms with Gasteiger partial charge in [0.2, 0.25) is 0 Å². The molecule has 1 heterocycles. The number of hydrogen-bond donors (Lipinski definition) is 1. The Kier molecular flexibility index (Phi) is 4.88. The molecule has 84 valence electrons. The van der Waals surface area contributed by atoms with E-state index in [-0.39, 0.29) is 5.56 Å². The molecule has 1 aromatic heterocycles. The zero-order valence-electron chi connectivity index (χ0n) is 9.54. The Hall–Kier alpha value is -0.770. The maximum atomic E-state index is 11.3. The van der Waals surface area contributed by atoms with Gasteiger partial charge in [-0.15, -0.1) is 0 Å². The van der Waals surface area contributed by atoms with Gasteiger partial charge in [0.25, 0.3) is 5.56 Å². The summed E-state index contributed by atoms with van der Waals surface area (Å²) < 4.78 is 0. The average Bonchev–Trinajstić information content (AvgIpc) is 2.17. The maximum absolute atomic E-state index is 11.3. The molecule has 1 rings (SSSR count). The summed E-state index contributed by atoms with van der Waals surface area (Å²) in [6.07, 6.45) is 2.97. The van der Waals surface area contributed by atoms with Crippen molar-refractivity contribution in [2.24, 2.45) is 0 Å². The predicted molar refractivity (Wildman–Crippen MR) is 64.5 cm³/mol. The molecule has 0 unspecified atom stereocenters. The lowest BCUT2D eigenvalue weighted by Gasteiger charge is -2.07. The third-order valence-electron chi connectivity index (χ3n) is 2.17. The SMILES string of the molecule is CCCc1cc(=O)[nH]c(S[C@@H](C)CC)n1. The van der Waals surface area contributed by atoms with Crippen molar-refractivity contribution in [1.29, 1.82) is 0 Å². The quantitative estimate of drug-likeness (QED) is 0.620. The van der Waals surface area contributed by atoms with Crippen LogP contribution in [0.25, 0.3) is 0 Å². The van der Waals surface area contributed by atoms with E-state index >= 15 is 0 Å². The summed E-state index contributed by atoms with van der Waals surface area (Å²) in [6, 6.07) is 1.59. The molecular weight excluding hydrogens is 208 g/mol. The van der Waals surface area contributed by atoms with Crippen molar-refractivity contribution in [2.45, 2.75) is 50.4 Å². The van der Waals surface area contributed by atoms with Gasteiger partial charge < -0.3 is 4.98 Å². The summed E-state index contributed by atoms with van der Waals surface area (Å²) in [5, 5.41) is 1.24. The Balaban J connectivity index is 2.83. The number of hydrogen-bond acceptors (Lipinski definition) is 3. The van der Waals surface area contributed by atoms with Crippen LogP contribution in [0.2, 0.25) is 0 Å². The molecule has 0 aliphatic carbocycles. The van der Waals surface area contributed by atoms with Gasteiger partial charge in [-0.2, -0.15) is 0 Å². The summed E-state index contributed by atoms with van der Waals surface area (Å²) in [5.41, 5.74) is 0.853. The lowest BCUT2D eigenvalue weighted by molar-refractivity contribution is 0.808. The van der Waals surface area contributed by atoms with Crippen molar-refractivity contribution in [3.8, 4) is 0 Å². The van der Waals surface area contributed by atoms with E-state index in [0.29, 0.717) is 5.25 Å². The van der Waals surface area contributed by atoms with Gasteiger partial charge in [-0.1, -0.05) is 39.0 Å². The number of thioether (sulfide) groups is 1. The molecule has 0 saturated heterocycles. The summed E-state index contributed by atoms with van der Waals surface area (Å²) in [5.74, 6) is 0. The van der Waals surface area contributed by atoms with Crippen LogP contribution < -0.4 is 5.56 Å². The van der Waals surface area contributed by atoms with E-state index in [1.54, 1.807) is 17.8 Å². The number of nitrogens with zero attached hydrogens (tertiary/aromatic N) is 1.